The highest BCUT2D eigenvalue weighted by atomic mass is 16.5. The number of benzene rings is 3. The lowest BCUT2D eigenvalue weighted by Gasteiger charge is -2.32. The van der Waals surface area contributed by atoms with Crippen LogP contribution in [-0.2, 0) is 24.3 Å². The van der Waals surface area contributed by atoms with Gasteiger partial charge >= 0.3 is 0 Å². The van der Waals surface area contributed by atoms with Crippen molar-refractivity contribution in [1.29, 1.82) is 0 Å². The number of ether oxygens (including phenoxy) is 1. The van der Waals surface area contributed by atoms with E-state index in [2.05, 4.69) is 78.6 Å². The first-order valence-electron chi connectivity index (χ1n) is 9.26. The van der Waals surface area contributed by atoms with Crippen LogP contribution in [0.4, 0.5) is 5.69 Å². The van der Waals surface area contributed by atoms with E-state index in [0.29, 0.717) is 6.61 Å². The van der Waals surface area contributed by atoms with Crippen molar-refractivity contribution in [1.82, 2.24) is 0 Å². The highest BCUT2D eigenvalue weighted by Crippen LogP contribution is 2.33. The normalized spacial score (nSPS) is 13.5. The van der Waals surface area contributed by atoms with Gasteiger partial charge in [-0.05, 0) is 52.8 Å². The molecule has 0 amide bonds. The summed E-state index contributed by atoms with van der Waals surface area (Å²) >= 11 is 0. The monoisotopic (exact) mass is 343 g/mol. The summed E-state index contributed by atoms with van der Waals surface area (Å²) in [5, 5.41) is 0. The summed E-state index contributed by atoms with van der Waals surface area (Å²) in [4.78, 5) is 2.51. The fraction of sp³-hybridized carbons (Fsp3) is 0.250. The van der Waals surface area contributed by atoms with E-state index in [4.69, 9.17) is 4.74 Å². The van der Waals surface area contributed by atoms with E-state index >= 15 is 0 Å². The molecule has 0 saturated heterocycles. The van der Waals surface area contributed by atoms with Gasteiger partial charge in [0.25, 0.3) is 0 Å². The molecule has 0 N–H and O–H groups in total. The number of anilines is 1. The van der Waals surface area contributed by atoms with Crippen molar-refractivity contribution in [2.45, 2.75) is 26.5 Å². The lowest BCUT2D eigenvalue weighted by Crippen LogP contribution is -2.31. The molecule has 0 atom stereocenters. The van der Waals surface area contributed by atoms with Crippen molar-refractivity contribution in [2.24, 2.45) is 0 Å². The largest absolute Gasteiger partial charge is 0.380 e. The summed E-state index contributed by atoms with van der Waals surface area (Å²) in [5.41, 5.74) is 9.48. The lowest BCUT2D eigenvalue weighted by atomic mass is 9.94. The molecule has 1 aliphatic rings. The maximum Gasteiger partial charge on any atom is 0.0713 e. The third-order valence-electron chi connectivity index (χ3n) is 5.32. The van der Waals surface area contributed by atoms with Gasteiger partial charge in [-0.15, -0.1) is 0 Å². The van der Waals surface area contributed by atoms with Crippen LogP contribution in [0, 0.1) is 6.92 Å². The molecule has 0 saturated carbocycles. The summed E-state index contributed by atoms with van der Waals surface area (Å²) < 4.78 is 5.27. The van der Waals surface area contributed by atoms with Crippen LogP contribution in [0.3, 0.4) is 0 Å². The Kier molecular flexibility index (Phi) is 4.77. The van der Waals surface area contributed by atoms with Crippen molar-refractivity contribution < 1.29 is 4.74 Å². The van der Waals surface area contributed by atoms with Crippen LogP contribution >= 0.6 is 0 Å². The average Bonchev–Trinajstić information content (AvgIpc) is 2.69. The van der Waals surface area contributed by atoms with Gasteiger partial charge < -0.3 is 9.64 Å². The molecule has 0 aromatic heterocycles. The first kappa shape index (κ1) is 16.9. The topological polar surface area (TPSA) is 12.5 Å². The Bertz CT molecular complexity index is 901. The summed E-state index contributed by atoms with van der Waals surface area (Å²) in [6.45, 7) is 4.97. The van der Waals surface area contributed by atoms with Crippen LogP contribution in [0.1, 0.15) is 22.3 Å². The number of hydrogen-bond donors (Lipinski definition) is 0. The molecule has 0 bridgehead atoms. The zero-order chi connectivity index (χ0) is 17.9. The molecule has 1 heterocycles. The van der Waals surface area contributed by atoms with Crippen LogP contribution < -0.4 is 4.90 Å². The lowest BCUT2D eigenvalue weighted by molar-refractivity contribution is 0.185. The van der Waals surface area contributed by atoms with E-state index in [1.54, 1.807) is 7.11 Å². The number of nitrogens with zero attached hydrogens (tertiary/aromatic N) is 1. The average molecular weight is 343 g/mol. The molecular weight excluding hydrogens is 318 g/mol. The van der Waals surface area contributed by atoms with Gasteiger partial charge in [0.05, 0.1) is 6.61 Å². The van der Waals surface area contributed by atoms with Crippen LogP contribution in [0.5, 0.6) is 0 Å². The summed E-state index contributed by atoms with van der Waals surface area (Å²) in [5.74, 6) is 0. The van der Waals surface area contributed by atoms with Crippen LogP contribution in [0.2, 0.25) is 0 Å². The first-order valence-corrected chi connectivity index (χ1v) is 9.26. The third kappa shape index (κ3) is 3.25. The zero-order valence-corrected chi connectivity index (χ0v) is 15.5. The Hall–Kier alpha value is -2.58. The molecule has 26 heavy (non-hydrogen) atoms. The van der Waals surface area contributed by atoms with E-state index in [-0.39, 0.29) is 0 Å². The molecule has 4 rings (SSSR count). The quantitative estimate of drug-likeness (QED) is 0.631. The van der Waals surface area contributed by atoms with Gasteiger partial charge in [-0.2, -0.15) is 0 Å². The highest BCUT2D eigenvalue weighted by Gasteiger charge is 2.19. The van der Waals surface area contributed by atoms with Crippen LogP contribution in [0.15, 0.2) is 66.7 Å². The van der Waals surface area contributed by atoms with Gasteiger partial charge in [-0.1, -0.05) is 60.7 Å². The first-order chi connectivity index (χ1) is 12.8. The fourth-order valence-corrected chi connectivity index (χ4v) is 3.96. The van der Waals surface area contributed by atoms with E-state index in [9.17, 15) is 0 Å². The number of hydrogen-bond acceptors (Lipinski definition) is 2. The second-order valence-electron chi connectivity index (χ2n) is 7.02. The fourth-order valence-electron chi connectivity index (χ4n) is 3.96. The molecule has 0 fully saturated rings. The highest BCUT2D eigenvalue weighted by molar-refractivity contribution is 5.74. The maximum atomic E-state index is 5.27. The maximum absolute atomic E-state index is 5.27. The molecule has 0 radical (unpaired) electrons. The molecule has 2 nitrogen and oxygen atoms in total. The Morgan fingerprint density at radius 1 is 0.923 bits per heavy atom. The molecule has 0 unspecified atom stereocenters. The minimum Gasteiger partial charge on any atom is -0.380 e. The smallest absolute Gasteiger partial charge is 0.0713 e. The molecule has 2 heteroatoms. The molecule has 132 valence electrons. The van der Waals surface area contributed by atoms with Gasteiger partial charge in [0.15, 0.2) is 0 Å². The van der Waals surface area contributed by atoms with Crippen molar-refractivity contribution in [3.8, 4) is 11.1 Å². The Balaban J connectivity index is 1.63. The second-order valence-corrected chi connectivity index (χ2v) is 7.02. The molecule has 0 spiro atoms. The van der Waals surface area contributed by atoms with Gasteiger partial charge in [-0.3, -0.25) is 0 Å². The van der Waals surface area contributed by atoms with Crippen molar-refractivity contribution in [2.75, 3.05) is 18.6 Å². The Morgan fingerprint density at radius 2 is 1.77 bits per heavy atom. The summed E-state index contributed by atoms with van der Waals surface area (Å²) in [6, 6.07) is 24.1. The molecule has 1 aliphatic heterocycles. The molecule has 0 aliphatic carbocycles. The number of fused-ring (bicyclic) bond motifs is 1. The Morgan fingerprint density at radius 3 is 2.58 bits per heavy atom. The van der Waals surface area contributed by atoms with Crippen LogP contribution in [0.25, 0.3) is 11.1 Å². The predicted octanol–water partition coefficient (Wildman–Crippen LogP) is 5.37. The second kappa shape index (κ2) is 7.35. The SMILES string of the molecule is COCc1ccc2c(c1)CCN(c1cccc(-c3ccccc3)c1C)C2. The van der Waals surface area contributed by atoms with E-state index in [1.807, 2.05) is 0 Å². The van der Waals surface area contributed by atoms with Gasteiger partial charge in [0.2, 0.25) is 0 Å². The number of methoxy groups -OCH3 is 1. The molecular formula is C24H25NO. The number of rotatable bonds is 4. The van der Waals surface area contributed by atoms with Gasteiger partial charge in [-0.25, -0.2) is 0 Å². The van der Waals surface area contributed by atoms with Crippen molar-refractivity contribution in [3.63, 3.8) is 0 Å². The minimum atomic E-state index is 0.690. The summed E-state index contributed by atoms with van der Waals surface area (Å²) in [7, 11) is 1.75. The third-order valence-corrected chi connectivity index (χ3v) is 5.32. The van der Waals surface area contributed by atoms with E-state index in [1.165, 1.54) is 39.1 Å². The van der Waals surface area contributed by atoms with Gasteiger partial charge in [0.1, 0.15) is 0 Å². The standard InChI is InChI=1S/C24H25NO/c1-18-23(20-7-4-3-5-8-20)9-6-10-24(18)25-14-13-21-15-19(17-26-2)11-12-22(21)16-25/h3-12,15H,13-14,16-17H2,1-2H3. The van der Waals surface area contributed by atoms with Gasteiger partial charge in [0, 0.05) is 25.9 Å². The zero-order valence-electron chi connectivity index (χ0n) is 15.5. The van der Waals surface area contributed by atoms with Crippen LogP contribution in [-0.4, -0.2) is 13.7 Å². The Labute approximate surface area is 156 Å². The summed E-state index contributed by atoms with van der Waals surface area (Å²) in [6.07, 6.45) is 1.09. The molecule has 3 aromatic carbocycles. The van der Waals surface area contributed by atoms with Crippen molar-refractivity contribution >= 4 is 5.69 Å². The minimum absolute atomic E-state index is 0.690. The predicted molar refractivity (Wildman–Crippen MR) is 109 cm³/mol. The van der Waals surface area contributed by atoms with Crippen molar-refractivity contribution in [3.05, 3.63) is 89.0 Å². The van der Waals surface area contributed by atoms with E-state index < -0.39 is 0 Å². The van der Waals surface area contributed by atoms with E-state index in [0.717, 1.165) is 19.5 Å². The molecule has 3 aromatic rings.